The van der Waals surface area contributed by atoms with Crippen molar-refractivity contribution in [3.63, 3.8) is 0 Å². The van der Waals surface area contributed by atoms with Crippen molar-refractivity contribution in [3.8, 4) is 11.5 Å². The van der Waals surface area contributed by atoms with E-state index in [0.29, 0.717) is 29.7 Å². The van der Waals surface area contributed by atoms with Crippen LogP contribution in [0.25, 0.3) is 0 Å². The first kappa shape index (κ1) is 14.1. The number of aromatic carboxylic acids is 1. The fourth-order valence-corrected chi connectivity index (χ4v) is 1.84. The quantitative estimate of drug-likeness (QED) is 0.788. The number of ether oxygens (including phenoxy) is 1. The van der Waals surface area contributed by atoms with Gasteiger partial charge in [-0.15, -0.1) is 6.58 Å². The van der Waals surface area contributed by atoms with E-state index >= 15 is 0 Å². The fraction of sp³-hybridized carbons (Fsp3) is 0.357. The maximum absolute atomic E-state index is 11.1. The molecule has 0 atom stereocenters. The molecule has 18 heavy (non-hydrogen) atoms. The summed E-state index contributed by atoms with van der Waals surface area (Å²) < 4.78 is 5.19. The van der Waals surface area contributed by atoms with E-state index in [4.69, 9.17) is 9.84 Å². The maximum Gasteiger partial charge on any atom is 0.339 e. The highest BCUT2D eigenvalue weighted by Gasteiger charge is 2.20. The maximum atomic E-state index is 11.1. The number of rotatable bonds is 5. The lowest BCUT2D eigenvalue weighted by Gasteiger charge is -2.14. The number of benzene rings is 1. The Kier molecular flexibility index (Phi) is 4.37. The number of phenols is 1. The third-order valence-electron chi connectivity index (χ3n) is 2.80. The van der Waals surface area contributed by atoms with Crippen LogP contribution in [0, 0.1) is 6.92 Å². The molecular formula is C14H18O4. The van der Waals surface area contributed by atoms with Crippen LogP contribution in [0.2, 0.25) is 0 Å². The fourth-order valence-electron chi connectivity index (χ4n) is 1.84. The Balaban J connectivity index is 3.32. The molecule has 2 N–H and O–H groups in total. The zero-order valence-corrected chi connectivity index (χ0v) is 10.9. The van der Waals surface area contributed by atoms with Gasteiger partial charge in [-0.25, -0.2) is 4.79 Å². The highest BCUT2D eigenvalue weighted by atomic mass is 16.5. The average molecular weight is 250 g/mol. The number of aryl methyl sites for hydroxylation is 1. The summed E-state index contributed by atoms with van der Waals surface area (Å²) in [4.78, 5) is 11.1. The summed E-state index contributed by atoms with van der Waals surface area (Å²) in [6, 6.07) is 1.64. The van der Waals surface area contributed by atoms with Crippen LogP contribution in [0.3, 0.4) is 0 Å². The van der Waals surface area contributed by atoms with Crippen LogP contribution >= 0.6 is 0 Å². The molecule has 1 rings (SSSR count). The Morgan fingerprint density at radius 1 is 1.50 bits per heavy atom. The zero-order chi connectivity index (χ0) is 13.9. The van der Waals surface area contributed by atoms with Crippen molar-refractivity contribution >= 4 is 5.97 Å². The highest BCUT2D eigenvalue weighted by Crippen LogP contribution is 2.35. The molecule has 4 heteroatoms. The van der Waals surface area contributed by atoms with Gasteiger partial charge in [0.25, 0.3) is 0 Å². The standard InChI is InChI=1S/C14H18O4/c1-8(2)5-6-10-11(18-4)7-9(3)12(13(10)15)14(16)17/h7,15H,1,5-6H2,2-4H3,(H,16,17). The van der Waals surface area contributed by atoms with Crippen molar-refractivity contribution in [1.82, 2.24) is 0 Å². The van der Waals surface area contributed by atoms with Gasteiger partial charge < -0.3 is 14.9 Å². The summed E-state index contributed by atoms with van der Waals surface area (Å²) in [7, 11) is 1.50. The second-order valence-electron chi connectivity index (χ2n) is 4.36. The predicted molar refractivity (Wildman–Crippen MR) is 69.5 cm³/mol. The smallest absolute Gasteiger partial charge is 0.339 e. The van der Waals surface area contributed by atoms with Crippen LogP contribution in [0.5, 0.6) is 11.5 Å². The molecule has 0 unspecified atom stereocenters. The Bertz CT molecular complexity index is 489. The van der Waals surface area contributed by atoms with Crippen molar-refractivity contribution in [2.24, 2.45) is 0 Å². The van der Waals surface area contributed by atoms with Gasteiger partial charge in [0.05, 0.1) is 7.11 Å². The van der Waals surface area contributed by atoms with Crippen molar-refractivity contribution in [2.75, 3.05) is 7.11 Å². The van der Waals surface area contributed by atoms with E-state index in [1.807, 2.05) is 6.92 Å². The predicted octanol–water partition coefficient (Wildman–Crippen LogP) is 2.92. The van der Waals surface area contributed by atoms with Gasteiger partial charge in [-0.3, -0.25) is 0 Å². The Morgan fingerprint density at radius 2 is 2.11 bits per heavy atom. The molecule has 0 amide bonds. The zero-order valence-electron chi connectivity index (χ0n) is 10.9. The molecule has 0 heterocycles. The molecule has 0 bridgehead atoms. The summed E-state index contributed by atoms with van der Waals surface area (Å²) in [6.07, 6.45) is 1.18. The van der Waals surface area contributed by atoms with Crippen LogP contribution in [-0.2, 0) is 6.42 Å². The molecule has 0 saturated heterocycles. The summed E-state index contributed by atoms with van der Waals surface area (Å²) in [5, 5.41) is 19.2. The van der Waals surface area contributed by atoms with Gasteiger partial charge in [0.1, 0.15) is 17.1 Å². The van der Waals surface area contributed by atoms with Gasteiger partial charge in [-0.05, 0) is 38.3 Å². The number of allylic oxidation sites excluding steroid dienone is 1. The molecular weight excluding hydrogens is 232 g/mol. The van der Waals surface area contributed by atoms with Crippen LogP contribution in [0.15, 0.2) is 18.2 Å². The van der Waals surface area contributed by atoms with Crippen molar-refractivity contribution < 1.29 is 19.7 Å². The highest BCUT2D eigenvalue weighted by molar-refractivity contribution is 5.93. The second kappa shape index (κ2) is 5.58. The normalized spacial score (nSPS) is 10.2. The van der Waals surface area contributed by atoms with E-state index in [9.17, 15) is 9.90 Å². The third-order valence-corrected chi connectivity index (χ3v) is 2.80. The van der Waals surface area contributed by atoms with Gasteiger partial charge in [0, 0.05) is 5.56 Å². The lowest BCUT2D eigenvalue weighted by Crippen LogP contribution is -2.05. The lowest BCUT2D eigenvalue weighted by atomic mass is 9.97. The Hall–Kier alpha value is -1.97. The summed E-state index contributed by atoms with van der Waals surface area (Å²) in [5.41, 5.74) is 1.90. The number of methoxy groups -OCH3 is 1. The lowest BCUT2D eigenvalue weighted by molar-refractivity contribution is 0.0692. The van der Waals surface area contributed by atoms with Crippen LogP contribution < -0.4 is 4.74 Å². The Morgan fingerprint density at radius 3 is 2.56 bits per heavy atom. The van der Waals surface area contributed by atoms with Gasteiger partial charge >= 0.3 is 5.97 Å². The summed E-state index contributed by atoms with van der Waals surface area (Å²) in [6.45, 7) is 7.31. The molecule has 0 aliphatic heterocycles. The van der Waals surface area contributed by atoms with Crippen molar-refractivity contribution in [1.29, 1.82) is 0 Å². The molecule has 0 aliphatic carbocycles. The summed E-state index contributed by atoms with van der Waals surface area (Å²) in [5.74, 6) is -0.832. The first-order valence-corrected chi connectivity index (χ1v) is 5.65. The van der Waals surface area contributed by atoms with E-state index in [0.717, 1.165) is 5.57 Å². The summed E-state index contributed by atoms with van der Waals surface area (Å²) >= 11 is 0. The van der Waals surface area contributed by atoms with E-state index in [-0.39, 0.29) is 11.3 Å². The minimum absolute atomic E-state index is 0.0625. The first-order chi connectivity index (χ1) is 8.38. The number of carboxylic acids is 1. The molecule has 0 spiro atoms. The number of hydrogen-bond acceptors (Lipinski definition) is 3. The molecule has 0 radical (unpaired) electrons. The topological polar surface area (TPSA) is 66.8 Å². The first-order valence-electron chi connectivity index (χ1n) is 5.65. The minimum atomic E-state index is -1.13. The van der Waals surface area contributed by atoms with Gasteiger partial charge in [-0.1, -0.05) is 5.57 Å². The molecule has 98 valence electrons. The average Bonchev–Trinajstić information content (AvgIpc) is 2.26. The van der Waals surface area contributed by atoms with Crippen molar-refractivity contribution in [2.45, 2.75) is 26.7 Å². The minimum Gasteiger partial charge on any atom is -0.507 e. The third kappa shape index (κ3) is 2.83. The largest absolute Gasteiger partial charge is 0.507 e. The van der Waals surface area contributed by atoms with Gasteiger partial charge in [0.15, 0.2) is 0 Å². The van der Waals surface area contributed by atoms with Crippen LogP contribution in [0.4, 0.5) is 0 Å². The molecule has 0 aromatic heterocycles. The SMILES string of the molecule is C=C(C)CCc1c(OC)cc(C)c(C(=O)O)c1O. The van der Waals surface area contributed by atoms with E-state index in [1.165, 1.54) is 7.11 Å². The van der Waals surface area contributed by atoms with E-state index < -0.39 is 5.97 Å². The molecule has 1 aromatic rings. The molecule has 1 aromatic carbocycles. The molecule has 4 nitrogen and oxygen atoms in total. The van der Waals surface area contributed by atoms with Gasteiger partial charge in [0.2, 0.25) is 0 Å². The Labute approximate surface area is 107 Å². The van der Waals surface area contributed by atoms with Crippen LogP contribution in [0.1, 0.15) is 34.8 Å². The monoisotopic (exact) mass is 250 g/mol. The molecule has 0 fully saturated rings. The van der Waals surface area contributed by atoms with Crippen LogP contribution in [-0.4, -0.2) is 23.3 Å². The molecule has 0 saturated carbocycles. The van der Waals surface area contributed by atoms with Crippen molar-refractivity contribution in [3.05, 3.63) is 34.9 Å². The second-order valence-corrected chi connectivity index (χ2v) is 4.36. The van der Waals surface area contributed by atoms with E-state index in [1.54, 1.807) is 13.0 Å². The van der Waals surface area contributed by atoms with Gasteiger partial charge in [-0.2, -0.15) is 0 Å². The number of aromatic hydroxyl groups is 1. The molecule has 0 aliphatic rings. The number of carboxylic acid groups (broad SMARTS) is 1. The number of carbonyl (C=O) groups is 1. The van der Waals surface area contributed by atoms with E-state index in [2.05, 4.69) is 6.58 Å². The number of hydrogen-bond donors (Lipinski definition) is 2.